The first-order valence-electron chi connectivity index (χ1n) is 4.10. The lowest BCUT2D eigenvalue weighted by atomic mass is 10.3. The summed E-state index contributed by atoms with van der Waals surface area (Å²) < 4.78 is 0. The van der Waals surface area contributed by atoms with Crippen LogP contribution in [0.25, 0.3) is 0 Å². The third-order valence-electron chi connectivity index (χ3n) is 1.14. The maximum atomic E-state index is 10.7. The minimum absolute atomic E-state index is 0.277. The molecule has 4 nitrogen and oxygen atoms in total. The molecule has 0 atom stereocenters. The SMILES string of the molecule is CCCC(=O)OOC(=O)CCC. The molecule has 0 fully saturated rings. The average molecular weight is 174 g/mol. The minimum Gasteiger partial charge on any atom is -0.247 e. The van der Waals surface area contributed by atoms with E-state index in [0.717, 1.165) is 0 Å². The van der Waals surface area contributed by atoms with Gasteiger partial charge in [0.2, 0.25) is 0 Å². The summed E-state index contributed by atoms with van der Waals surface area (Å²) in [5.74, 6) is -0.996. The van der Waals surface area contributed by atoms with Crippen LogP contribution in [0.4, 0.5) is 0 Å². The summed E-state index contributed by atoms with van der Waals surface area (Å²) in [5.41, 5.74) is 0. The number of rotatable bonds is 4. The van der Waals surface area contributed by atoms with Crippen molar-refractivity contribution in [3.8, 4) is 0 Å². The Bertz CT molecular complexity index is 135. The van der Waals surface area contributed by atoms with E-state index in [1.54, 1.807) is 0 Å². The lowest BCUT2D eigenvalue weighted by molar-refractivity contribution is -0.259. The molecule has 0 rings (SSSR count). The Balaban J connectivity index is 3.40. The second kappa shape index (κ2) is 6.64. The third-order valence-corrected chi connectivity index (χ3v) is 1.14. The lowest BCUT2D eigenvalue weighted by Gasteiger charge is -2.00. The monoisotopic (exact) mass is 174 g/mol. The molecule has 0 amide bonds. The van der Waals surface area contributed by atoms with Gasteiger partial charge in [-0.05, 0) is 12.8 Å². The first-order chi connectivity index (χ1) is 5.70. The highest BCUT2D eigenvalue weighted by Gasteiger charge is 2.06. The van der Waals surface area contributed by atoms with Gasteiger partial charge in [-0.3, -0.25) is 0 Å². The molecule has 0 radical (unpaired) electrons. The van der Waals surface area contributed by atoms with Crippen LogP contribution in [-0.2, 0) is 19.4 Å². The zero-order valence-corrected chi connectivity index (χ0v) is 7.46. The highest BCUT2D eigenvalue weighted by Crippen LogP contribution is 1.95. The molecule has 0 aromatic carbocycles. The second-order valence-corrected chi connectivity index (χ2v) is 2.41. The lowest BCUT2D eigenvalue weighted by Crippen LogP contribution is -2.10. The molecule has 0 saturated carbocycles. The topological polar surface area (TPSA) is 52.6 Å². The molecule has 0 bridgehead atoms. The van der Waals surface area contributed by atoms with E-state index < -0.39 is 11.9 Å². The number of carbonyl (C=O) groups is 2. The van der Waals surface area contributed by atoms with Crippen LogP contribution in [0.5, 0.6) is 0 Å². The van der Waals surface area contributed by atoms with Crippen LogP contribution in [0, 0.1) is 0 Å². The molecule has 70 valence electrons. The summed E-state index contributed by atoms with van der Waals surface area (Å²) >= 11 is 0. The number of carbonyl (C=O) groups excluding carboxylic acids is 2. The molecule has 0 saturated heterocycles. The Morgan fingerprint density at radius 3 is 1.50 bits per heavy atom. The highest BCUT2D eigenvalue weighted by atomic mass is 17.2. The first-order valence-corrected chi connectivity index (χ1v) is 4.10. The fourth-order valence-electron chi connectivity index (χ4n) is 0.585. The molecule has 0 spiro atoms. The van der Waals surface area contributed by atoms with Crippen molar-refractivity contribution in [3.63, 3.8) is 0 Å². The van der Waals surface area contributed by atoms with Crippen LogP contribution in [0.2, 0.25) is 0 Å². The van der Waals surface area contributed by atoms with Gasteiger partial charge in [0.25, 0.3) is 0 Å². The fraction of sp³-hybridized carbons (Fsp3) is 0.750. The van der Waals surface area contributed by atoms with E-state index in [-0.39, 0.29) is 12.8 Å². The van der Waals surface area contributed by atoms with E-state index in [2.05, 4.69) is 9.78 Å². The van der Waals surface area contributed by atoms with Gasteiger partial charge < -0.3 is 0 Å². The van der Waals surface area contributed by atoms with Crippen molar-refractivity contribution in [2.75, 3.05) is 0 Å². The zero-order chi connectivity index (χ0) is 9.40. The van der Waals surface area contributed by atoms with Gasteiger partial charge >= 0.3 is 11.9 Å². The summed E-state index contributed by atoms with van der Waals surface area (Å²) in [5, 5.41) is 0. The molecular formula is C8H14O4. The fourth-order valence-corrected chi connectivity index (χ4v) is 0.585. The van der Waals surface area contributed by atoms with E-state index >= 15 is 0 Å². The zero-order valence-electron chi connectivity index (χ0n) is 7.46. The summed E-state index contributed by atoms with van der Waals surface area (Å²) in [6, 6.07) is 0. The van der Waals surface area contributed by atoms with Crippen molar-refractivity contribution in [1.82, 2.24) is 0 Å². The van der Waals surface area contributed by atoms with Gasteiger partial charge in [0.15, 0.2) is 0 Å². The normalized spacial score (nSPS) is 9.17. The number of hydrogen-bond acceptors (Lipinski definition) is 4. The van der Waals surface area contributed by atoms with Crippen molar-refractivity contribution in [2.24, 2.45) is 0 Å². The van der Waals surface area contributed by atoms with Gasteiger partial charge in [-0.2, -0.15) is 0 Å². The van der Waals surface area contributed by atoms with Crippen LogP contribution in [0.15, 0.2) is 0 Å². The van der Waals surface area contributed by atoms with E-state index in [0.29, 0.717) is 12.8 Å². The van der Waals surface area contributed by atoms with Gasteiger partial charge in [-0.15, -0.1) is 0 Å². The van der Waals surface area contributed by atoms with Gasteiger partial charge in [0.1, 0.15) is 0 Å². The molecule has 4 heteroatoms. The molecular weight excluding hydrogens is 160 g/mol. The van der Waals surface area contributed by atoms with E-state index in [4.69, 9.17) is 0 Å². The molecule has 12 heavy (non-hydrogen) atoms. The summed E-state index contributed by atoms with van der Waals surface area (Å²) in [6.07, 6.45) is 1.92. The molecule has 0 aliphatic heterocycles. The maximum absolute atomic E-state index is 10.7. The van der Waals surface area contributed by atoms with Gasteiger partial charge in [0.05, 0.1) is 0 Å². The van der Waals surface area contributed by atoms with Crippen LogP contribution in [0.3, 0.4) is 0 Å². The minimum atomic E-state index is -0.498. The maximum Gasteiger partial charge on any atom is 0.355 e. The van der Waals surface area contributed by atoms with Crippen LogP contribution >= 0.6 is 0 Å². The van der Waals surface area contributed by atoms with Crippen molar-refractivity contribution in [2.45, 2.75) is 39.5 Å². The van der Waals surface area contributed by atoms with Crippen molar-refractivity contribution < 1.29 is 19.4 Å². The van der Waals surface area contributed by atoms with Gasteiger partial charge in [-0.25, -0.2) is 19.4 Å². The van der Waals surface area contributed by atoms with Gasteiger partial charge in [0, 0.05) is 12.8 Å². The average Bonchev–Trinajstić information content (AvgIpc) is 2.02. The Kier molecular flexibility index (Phi) is 6.05. The molecule has 0 aliphatic rings. The van der Waals surface area contributed by atoms with Crippen molar-refractivity contribution >= 4 is 11.9 Å². The first kappa shape index (κ1) is 10.9. The van der Waals surface area contributed by atoms with Crippen LogP contribution in [0.1, 0.15) is 39.5 Å². The molecule has 0 heterocycles. The predicted octanol–water partition coefficient (Wildman–Crippen LogP) is 1.59. The Morgan fingerprint density at radius 2 is 1.25 bits per heavy atom. The van der Waals surface area contributed by atoms with Crippen molar-refractivity contribution in [3.05, 3.63) is 0 Å². The summed E-state index contributed by atoms with van der Waals surface area (Å²) in [7, 11) is 0. The third kappa shape index (κ3) is 5.70. The van der Waals surface area contributed by atoms with Crippen LogP contribution < -0.4 is 0 Å². The largest absolute Gasteiger partial charge is 0.355 e. The molecule has 0 unspecified atom stereocenters. The van der Waals surface area contributed by atoms with E-state index in [9.17, 15) is 9.59 Å². The molecule has 0 aliphatic carbocycles. The van der Waals surface area contributed by atoms with E-state index in [1.165, 1.54) is 0 Å². The van der Waals surface area contributed by atoms with Gasteiger partial charge in [-0.1, -0.05) is 13.8 Å². The Hall–Kier alpha value is -1.06. The molecule has 0 aromatic heterocycles. The molecule has 0 aromatic rings. The standard InChI is InChI=1S/C8H14O4/c1-3-5-7(9)11-12-8(10)6-4-2/h3-6H2,1-2H3. The summed E-state index contributed by atoms with van der Waals surface area (Å²) in [4.78, 5) is 29.7. The Labute approximate surface area is 71.8 Å². The molecule has 0 N–H and O–H groups in total. The quantitative estimate of drug-likeness (QED) is 0.479. The van der Waals surface area contributed by atoms with Crippen molar-refractivity contribution in [1.29, 1.82) is 0 Å². The Morgan fingerprint density at radius 1 is 0.917 bits per heavy atom. The second-order valence-electron chi connectivity index (χ2n) is 2.41. The summed E-state index contributed by atoms with van der Waals surface area (Å²) in [6.45, 7) is 3.68. The highest BCUT2D eigenvalue weighted by molar-refractivity contribution is 5.72. The predicted molar refractivity (Wildman–Crippen MR) is 42.0 cm³/mol. The smallest absolute Gasteiger partial charge is 0.247 e. The number of hydrogen-bond donors (Lipinski definition) is 0. The van der Waals surface area contributed by atoms with Crippen LogP contribution in [-0.4, -0.2) is 11.9 Å². The van der Waals surface area contributed by atoms with E-state index in [1.807, 2.05) is 13.8 Å².